The maximum absolute atomic E-state index is 5.95. The average Bonchev–Trinajstić information content (AvgIpc) is 2.68. The van der Waals surface area contributed by atoms with Crippen LogP contribution in [0, 0.1) is 0 Å². The summed E-state index contributed by atoms with van der Waals surface area (Å²) in [6.45, 7) is 9.03. The molecule has 1 atom stereocenters. The highest BCUT2D eigenvalue weighted by atomic mass is 127. The van der Waals surface area contributed by atoms with Crippen LogP contribution in [0.4, 0.5) is 0 Å². The zero-order chi connectivity index (χ0) is 19.9. The number of benzene rings is 1. The van der Waals surface area contributed by atoms with E-state index in [9.17, 15) is 0 Å². The molecule has 0 amide bonds. The summed E-state index contributed by atoms with van der Waals surface area (Å²) in [6, 6.07) is 7.65. The molecular formula is C20H37IN4O3. The third-order valence-corrected chi connectivity index (χ3v) is 3.93. The summed E-state index contributed by atoms with van der Waals surface area (Å²) >= 11 is 0. The fraction of sp³-hybridized carbons (Fsp3) is 0.650. The maximum Gasteiger partial charge on any atom is 0.191 e. The van der Waals surface area contributed by atoms with E-state index in [1.54, 1.807) is 14.2 Å². The Morgan fingerprint density at radius 1 is 1.14 bits per heavy atom. The van der Waals surface area contributed by atoms with Gasteiger partial charge in [0.25, 0.3) is 0 Å². The second-order valence-electron chi connectivity index (χ2n) is 6.38. The van der Waals surface area contributed by atoms with Gasteiger partial charge in [0.05, 0.1) is 20.3 Å². The topological polar surface area (TPSA) is 67.4 Å². The predicted octanol–water partition coefficient (Wildman–Crippen LogP) is 2.60. The Morgan fingerprint density at radius 2 is 1.86 bits per heavy atom. The Kier molecular flexibility index (Phi) is 15.9. The Labute approximate surface area is 187 Å². The van der Waals surface area contributed by atoms with Crippen molar-refractivity contribution in [1.29, 1.82) is 0 Å². The van der Waals surface area contributed by atoms with Gasteiger partial charge in [-0.2, -0.15) is 0 Å². The molecule has 162 valence electrons. The summed E-state index contributed by atoms with van der Waals surface area (Å²) in [5.74, 6) is 2.28. The van der Waals surface area contributed by atoms with Crippen molar-refractivity contribution in [3.8, 4) is 11.5 Å². The second kappa shape index (κ2) is 16.7. The van der Waals surface area contributed by atoms with E-state index in [1.165, 1.54) is 0 Å². The molecule has 0 spiro atoms. The van der Waals surface area contributed by atoms with Gasteiger partial charge in [0.2, 0.25) is 0 Å². The van der Waals surface area contributed by atoms with Crippen molar-refractivity contribution in [3.05, 3.63) is 24.3 Å². The lowest BCUT2D eigenvalue weighted by Crippen LogP contribution is -2.39. The van der Waals surface area contributed by atoms with Crippen LogP contribution in [0.5, 0.6) is 11.5 Å². The van der Waals surface area contributed by atoms with E-state index in [0.29, 0.717) is 6.54 Å². The lowest BCUT2D eigenvalue weighted by Gasteiger charge is -2.18. The standard InChI is InChI=1S/C20H36N4O3.HI/c1-6-21-20(22-12-9-13-24(3)14-15-25-4)23-16-17(2)27-19-11-8-7-10-18(19)26-5;/h7-8,10-11,17H,6,9,12-16H2,1-5H3,(H2,21,22,23);1H. The number of hydrogen-bond donors (Lipinski definition) is 2. The predicted molar refractivity (Wildman–Crippen MR) is 126 cm³/mol. The molecule has 1 aromatic rings. The minimum absolute atomic E-state index is 0. The Balaban J connectivity index is 0.00000729. The van der Waals surface area contributed by atoms with Crippen LogP contribution in [0.2, 0.25) is 0 Å². The Bertz CT molecular complexity index is 546. The average molecular weight is 508 g/mol. The van der Waals surface area contributed by atoms with E-state index in [1.807, 2.05) is 31.2 Å². The molecule has 0 radical (unpaired) electrons. The molecule has 0 aliphatic carbocycles. The molecule has 1 rings (SSSR count). The molecule has 0 aromatic heterocycles. The second-order valence-corrected chi connectivity index (χ2v) is 6.38. The van der Waals surface area contributed by atoms with Crippen LogP contribution in [0.15, 0.2) is 29.3 Å². The highest BCUT2D eigenvalue weighted by Gasteiger charge is 2.08. The van der Waals surface area contributed by atoms with Crippen molar-refractivity contribution in [1.82, 2.24) is 15.5 Å². The van der Waals surface area contributed by atoms with Crippen molar-refractivity contribution in [3.63, 3.8) is 0 Å². The van der Waals surface area contributed by atoms with Crippen LogP contribution >= 0.6 is 24.0 Å². The van der Waals surface area contributed by atoms with Crippen LogP contribution in [0.25, 0.3) is 0 Å². The number of likely N-dealkylation sites (N-methyl/N-ethyl adjacent to an activating group) is 1. The normalized spacial score (nSPS) is 12.3. The molecule has 0 heterocycles. The number of hydrogen-bond acceptors (Lipinski definition) is 5. The monoisotopic (exact) mass is 508 g/mol. The number of halogens is 1. The van der Waals surface area contributed by atoms with Crippen LogP contribution in [0.3, 0.4) is 0 Å². The molecule has 0 fully saturated rings. The highest BCUT2D eigenvalue weighted by Crippen LogP contribution is 2.26. The quantitative estimate of drug-likeness (QED) is 0.185. The third-order valence-electron chi connectivity index (χ3n) is 3.93. The SMILES string of the molecule is CCNC(=NCC(C)Oc1ccccc1OC)NCCCN(C)CCOC.I. The molecule has 7 nitrogen and oxygen atoms in total. The van der Waals surface area contributed by atoms with E-state index in [0.717, 1.165) is 56.7 Å². The number of nitrogens with one attached hydrogen (secondary N) is 2. The third kappa shape index (κ3) is 11.6. The van der Waals surface area contributed by atoms with Gasteiger partial charge in [-0.05, 0) is 46.0 Å². The molecule has 1 unspecified atom stereocenters. The lowest BCUT2D eigenvalue weighted by atomic mass is 10.3. The van der Waals surface area contributed by atoms with Crippen molar-refractivity contribution in [2.75, 3.05) is 60.6 Å². The van der Waals surface area contributed by atoms with Gasteiger partial charge >= 0.3 is 0 Å². The number of ether oxygens (including phenoxy) is 3. The smallest absolute Gasteiger partial charge is 0.191 e. The number of rotatable bonds is 13. The van der Waals surface area contributed by atoms with E-state index < -0.39 is 0 Å². The van der Waals surface area contributed by atoms with Crippen molar-refractivity contribution < 1.29 is 14.2 Å². The first-order valence-corrected chi connectivity index (χ1v) is 9.60. The van der Waals surface area contributed by atoms with E-state index in [-0.39, 0.29) is 30.1 Å². The summed E-state index contributed by atoms with van der Waals surface area (Å²) in [6.07, 6.45) is 0.981. The molecule has 0 saturated carbocycles. The maximum atomic E-state index is 5.95. The first kappa shape index (κ1) is 26.7. The number of guanidine groups is 1. The first-order valence-electron chi connectivity index (χ1n) is 9.60. The van der Waals surface area contributed by atoms with E-state index in [4.69, 9.17) is 14.2 Å². The van der Waals surface area contributed by atoms with Gasteiger partial charge in [-0.1, -0.05) is 12.1 Å². The van der Waals surface area contributed by atoms with Gasteiger partial charge in [-0.15, -0.1) is 24.0 Å². The lowest BCUT2D eigenvalue weighted by molar-refractivity contribution is 0.161. The molecule has 0 bridgehead atoms. The van der Waals surface area contributed by atoms with Crippen LogP contribution < -0.4 is 20.1 Å². The van der Waals surface area contributed by atoms with Crippen molar-refractivity contribution in [2.45, 2.75) is 26.4 Å². The molecule has 28 heavy (non-hydrogen) atoms. The minimum Gasteiger partial charge on any atom is -0.493 e. The molecule has 1 aromatic carbocycles. The largest absolute Gasteiger partial charge is 0.493 e. The minimum atomic E-state index is -0.0584. The van der Waals surface area contributed by atoms with Crippen LogP contribution in [0.1, 0.15) is 20.3 Å². The highest BCUT2D eigenvalue weighted by molar-refractivity contribution is 14.0. The van der Waals surface area contributed by atoms with Gasteiger partial charge in [0.1, 0.15) is 6.10 Å². The van der Waals surface area contributed by atoms with Crippen LogP contribution in [-0.2, 0) is 4.74 Å². The van der Waals surface area contributed by atoms with E-state index >= 15 is 0 Å². The first-order chi connectivity index (χ1) is 13.1. The fourth-order valence-corrected chi connectivity index (χ4v) is 2.45. The molecule has 0 aliphatic rings. The molecule has 0 saturated heterocycles. The number of para-hydroxylation sites is 2. The number of aliphatic imine (C=N–C) groups is 1. The van der Waals surface area contributed by atoms with Gasteiger partial charge in [-0.3, -0.25) is 0 Å². The van der Waals surface area contributed by atoms with Gasteiger partial charge in [0, 0.05) is 26.7 Å². The molecular weight excluding hydrogens is 471 g/mol. The van der Waals surface area contributed by atoms with Crippen LogP contribution in [-0.4, -0.2) is 77.6 Å². The summed E-state index contributed by atoms with van der Waals surface area (Å²) in [5.41, 5.74) is 0. The Morgan fingerprint density at radius 3 is 2.50 bits per heavy atom. The fourth-order valence-electron chi connectivity index (χ4n) is 2.45. The van der Waals surface area contributed by atoms with Gasteiger partial charge in [-0.25, -0.2) is 4.99 Å². The zero-order valence-corrected chi connectivity index (χ0v) is 20.2. The summed E-state index contributed by atoms with van der Waals surface area (Å²) in [5, 5.41) is 6.65. The number of nitrogens with zero attached hydrogens (tertiary/aromatic N) is 2. The van der Waals surface area contributed by atoms with Crippen molar-refractivity contribution >= 4 is 29.9 Å². The number of methoxy groups -OCH3 is 2. The molecule has 8 heteroatoms. The van der Waals surface area contributed by atoms with Crippen molar-refractivity contribution in [2.24, 2.45) is 4.99 Å². The molecule has 2 N–H and O–H groups in total. The van der Waals surface area contributed by atoms with Gasteiger partial charge < -0.3 is 29.7 Å². The summed E-state index contributed by atoms with van der Waals surface area (Å²) < 4.78 is 16.4. The summed E-state index contributed by atoms with van der Waals surface area (Å²) in [4.78, 5) is 6.89. The van der Waals surface area contributed by atoms with E-state index in [2.05, 4.69) is 34.5 Å². The van der Waals surface area contributed by atoms with Gasteiger partial charge in [0.15, 0.2) is 17.5 Å². The molecule has 0 aliphatic heterocycles. The summed E-state index contributed by atoms with van der Waals surface area (Å²) in [7, 11) is 5.48. The zero-order valence-electron chi connectivity index (χ0n) is 17.9. The Hall–Kier alpha value is -1.26.